The fourth-order valence-corrected chi connectivity index (χ4v) is 5.37. The Bertz CT molecular complexity index is 504. The molecule has 0 aromatic heterocycles. The lowest BCUT2D eigenvalue weighted by Crippen LogP contribution is -2.23. The predicted molar refractivity (Wildman–Crippen MR) is 173 cm³/mol. The second-order valence-electron chi connectivity index (χ2n) is 12.2. The van der Waals surface area contributed by atoms with E-state index in [9.17, 15) is 9.90 Å². The zero-order valence-electron chi connectivity index (χ0n) is 26.8. The molecule has 232 valence electrons. The zero-order chi connectivity index (χ0) is 28.5. The largest absolute Gasteiger partial charge is 0.393 e. The first-order chi connectivity index (χ1) is 19.2. The number of hydrogen-bond acceptors (Lipinski definition) is 2. The van der Waals surface area contributed by atoms with Crippen LogP contribution in [0.15, 0.2) is 12.2 Å². The molecule has 1 unspecified atom stereocenters. The normalized spacial score (nSPS) is 12.4. The first kappa shape index (κ1) is 38.2. The van der Waals surface area contributed by atoms with Gasteiger partial charge in [0.1, 0.15) is 0 Å². The fourth-order valence-electron chi connectivity index (χ4n) is 5.37. The van der Waals surface area contributed by atoms with Gasteiger partial charge in [-0.15, -0.1) is 0 Å². The molecule has 0 saturated heterocycles. The van der Waals surface area contributed by atoms with E-state index < -0.39 is 0 Å². The number of carbonyl (C=O) groups excluding carboxylic acids is 1. The molecule has 0 rings (SSSR count). The molecule has 0 fully saturated rings. The topological polar surface area (TPSA) is 49.3 Å². The summed E-state index contributed by atoms with van der Waals surface area (Å²) in [7, 11) is 0. The van der Waals surface area contributed by atoms with E-state index in [1.54, 1.807) is 0 Å². The van der Waals surface area contributed by atoms with E-state index in [1.165, 1.54) is 154 Å². The van der Waals surface area contributed by atoms with E-state index >= 15 is 0 Å². The third-order valence-corrected chi connectivity index (χ3v) is 8.09. The molecule has 0 bridgehead atoms. The average molecular weight is 550 g/mol. The first-order valence-corrected chi connectivity index (χ1v) is 17.8. The highest BCUT2D eigenvalue weighted by Crippen LogP contribution is 2.14. The second-order valence-corrected chi connectivity index (χ2v) is 12.2. The van der Waals surface area contributed by atoms with Gasteiger partial charge in [-0.3, -0.25) is 4.79 Å². The van der Waals surface area contributed by atoms with E-state index in [0.717, 1.165) is 32.2 Å². The molecule has 0 aliphatic heterocycles. The van der Waals surface area contributed by atoms with Gasteiger partial charge in [0.2, 0.25) is 5.91 Å². The molecule has 1 atom stereocenters. The van der Waals surface area contributed by atoms with E-state index in [4.69, 9.17) is 0 Å². The summed E-state index contributed by atoms with van der Waals surface area (Å²) in [5.74, 6) is 0.246. The van der Waals surface area contributed by atoms with Crippen molar-refractivity contribution in [2.24, 2.45) is 0 Å². The van der Waals surface area contributed by atoms with Crippen molar-refractivity contribution in [3.05, 3.63) is 12.2 Å². The highest BCUT2D eigenvalue weighted by molar-refractivity contribution is 5.75. The molecule has 0 aromatic rings. The Kier molecular flexibility index (Phi) is 32.7. The Morgan fingerprint density at radius 2 is 0.923 bits per heavy atom. The lowest BCUT2D eigenvalue weighted by molar-refractivity contribution is -0.121. The summed E-state index contributed by atoms with van der Waals surface area (Å²) in [5.41, 5.74) is 0. The number of aliphatic hydroxyl groups excluding tert-OH is 1. The number of rotatable bonds is 32. The standard InChI is InChI=1S/C36H71NO2/c1-3-5-7-9-10-11-12-13-14-15-16-17-20-23-26-30-34-37-36(39)33-29-25-22-19-18-21-24-28-32-35(38)31-27-8-6-4-2/h13-14,35,38H,3-12,15-34H2,1-2H3,(H,37,39). The van der Waals surface area contributed by atoms with Crippen molar-refractivity contribution >= 4 is 5.91 Å². The van der Waals surface area contributed by atoms with Crippen LogP contribution in [0.1, 0.15) is 200 Å². The quantitative estimate of drug-likeness (QED) is 0.0647. The van der Waals surface area contributed by atoms with Crippen molar-refractivity contribution in [3.8, 4) is 0 Å². The van der Waals surface area contributed by atoms with Crippen LogP contribution in [-0.4, -0.2) is 23.7 Å². The Morgan fingerprint density at radius 1 is 0.538 bits per heavy atom. The lowest BCUT2D eigenvalue weighted by Gasteiger charge is -2.10. The summed E-state index contributed by atoms with van der Waals surface area (Å²) < 4.78 is 0. The van der Waals surface area contributed by atoms with Gasteiger partial charge in [0, 0.05) is 13.0 Å². The summed E-state index contributed by atoms with van der Waals surface area (Å²) in [4.78, 5) is 12.0. The van der Waals surface area contributed by atoms with E-state index in [1.807, 2.05) is 0 Å². The molecule has 39 heavy (non-hydrogen) atoms. The third-order valence-electron chi connectivity index (χ3n) is 8.09. The van der Waals surface area contributed by atoms with E-state index in [0.29, 0.717) is 6.42 Å². The zero-order valence-corrected chi connectivity index (χ0v) is 26.8. The summed E-state index contributed by atoms with van der Waals surface area (Å²) in [5, 5.41) is 13.1. The summed E-state index contributed by atoms with van der Waals surface area (Å²) in [6.45, 7) is 5.37. The molecule has 0 radical (unpaired) electrons. The average Bonchev–Trinajstić information content (AvgIpc) is 2.93. The Hall–Kier alpha value is -0.830. The first-order valence-electron chi connectivity index (χ1n) is 17.8. The smallest absolute Gasteiger partial charge is 0.219 e. The SMILES string of the molecule is CCCCCCCCC=CCCCCCCCCNC(=O)CCCCCCCCCCC(O)CCCCCC. The number of hydrogen-bond donors (Lipinski definition) is 2. The summed E-state index contributed by atoms with van der Waals surface area (Å²) in [6.07, 6.45) is 40.7. The number of carbonyl (C=O) groups is 1. The summed E-state index contributed by atoms with van der Waals surface area (Å²) >= 11 is 0. The molecule has 0 aliphatic carbocycles. The highest BCUT2D eigenvalue weighted by Gasteiger charge is 2.04. The van der Waals surface area contributed by atoms with Crippen LogP contribution in [-0.2, 0) is 4.79 Å². The molecule has 0 spiro atoms. The van der Waals surface area contributed by atoms with Crippen LogP contribution in [0.5, 0.6) is 0 Å². The van der Waals surface area contributed by atoms with Crippen LogP contribution >= 0.6 is 0 Å². The molecule has 3 nitrogen and oxygen atoms in total. The lowest BCUT2D eigenvalue weighted by atomic mass is 10.0. The van der Waals surface area contributed by atoms with Crippen LogP contribution in [0.25, 0.3) is 0 Å². The third kappa shape index (κ3) is 33.3. The molecular weight excluding hydrogens is 478 g/mol. The number of amides is 1. The maximum absolute atomic E-state index is 12.0. The Labute approximate surface area is 245 Å². The van der Waals surface area contributed by atoms with Gasteiger partial charge in [-0.1, -0.05) is 154 Å². The minimum atomic E-state index is -0.0741. The molecule has 3 heteroatoms. The Balaban J connectivity index is 3.24. The van der Waals surface area contributed by atoms with Gasteiger partial charge >= 0.3 is 0 Å². The number of unbranched alkanes of at least 4 members (excludes halogenated alkanes) is 22. The summed E-state index contributed by atoms with van der Waals surface area (Å²) in [6, 6.07) is 0. The van der Waals surface area contributed by atoms with Gasteiger partial charge < -0.3 is 10.4 Å². The van der Waals surface area contributed by atoms with E-state index in [2.05, 4.69) is 31.3 Å². The number of aliphatic hydroxyl groups is 1. The van der Waals surface area contributed by atoms with Gasteiger partial charge in [-0.05, 0) is 51.4 Å². The van der Waals surface area contributed by atoms with Crippen LogP contribution < -0.4 is 5.32 Å². The van der Waals surface area contributed by atoms with Crippen LogP contribution in [0.2, 0.25) is 0 Å². The van der Waals surface area contributed by atoms with Crippen LogP contribution in [0, 0.1) is 0 Å². The molecule has 0 heterocycles. The minimum Gasteiger partial charge on any atom is -0.393 e. The van der Waals surface area contributed by atoms with Crippen LogP contribution in [0.4, 0.5) is 0 Å². The van der Waals surface area contributed by atoms with Gasteiger partial charge in [0.25, 0.3) is 0 Å². The van der Waals surface area contributed by atoms with Crippen molar-refractivity contribution in [2.75, 3.05) is 6.54 Å². The van der Waals surface area contributed by atoms with Crippen LogP contribution in [0.3, 0.4) is 0 Å². The van der Waals surface area contributed by atoms with Crippen molar-refractivity contribution in [2.45, 2.75) is 206 Å². The number of nitrogens with one attached hydrogen (secondary N) is 1. The van der Waals surface area contributed by atoms with Crippen molar-refractivity contribution < 1.29 is 9.90 Å². The molecule has 0 aliphatic rings. The molecule has 0 aromatic carbocycles. The molecule has 2 N–H and O–H groups in total. The predicted octanol–water partition coefficient (Wildman–Crippen LogP) is 11.4. The van der Waals surface area contributed by atoms with Gasteiger partial charge in [-0.2, -0.15) is 0 Å². The van der Waals surface area contributed by atoms with Crippen molar-refractivity contribution in [1.29, 1.82) is 0 Å². The molecule has 0 saturated carbocycles. The van der Waals surface area contributed by atoms with Gasteiger partial charge in [-0.25, -0.2) is 0 Å². The van der Waals surface area contributed by atoms with Crippen molar-refractivity contribution in [3.63, 3.8) is 0 Å². The maximum atomic E-state index is 12.0. The maximum Gasteiger partial charge on any atom is 0.219 e. The number of allylic oxidation sites excluding steroid dienone is 2. The fraction of sp³-hybridized carbons (Fsp3) is 0.917. The van der Waals surface area contributed by atoms with E-state index in [-0.39, 0.29) is 12.0 Å². The van der Waals surface area contributed by atoms with Gasteiger partial charge in [0.15, 0.2) is 0 Å². The van der Waals surface area contributed by atoms with Gasteiger partial charge in [0.05, 0.1) is 6.10 Å². The van der Waals surface area contributed by atoms with Crippen molar-refractivity contribution in [1.82, 2.24) is 5.32 Å². The highest BCUT2D eigenvalue weighted by atomic mass is 16.3. The Morgan fingerprint density at radius 3 is 1.44 bits per heavy atom. The molecular formula is C36H71NO2. The minimum absolute atomic E-state index is 0.0741. The monoisotopic (exact) mass is 550 g/mol. The molecule has 1 amide bonds. The second kappa shape index (κ2) is 33.4.